The van der Waals surface area contributed by atoms with Gasteiger partial charge >= 0.3 is 5.97 Å². The lowest BCUT2D eigenvalue weighted by Gasteiger charge is -2.17. The molecule has 110 valence electrons. The van der Waals surface area contributed by atoms with Crippen molar-refractivity contribution in [3.8, 4) is 0 Å². The van der Waals surface area contributed by atoms with Crippen LogP contribution in [-0.2, 0) is 6.54 Å². The minimum Gasteiger partial charge on any atom is -0.478 e. The molecular formula is C16H17NO3S. The van der Waals surface area contributed by atoms with E-state index in [1.54, 1.807) is 47.5 Å². The molecule has 4 nitrogen and oxygen atoms in total. The Balaban J connectivity index is 2.10. The van der Waals surface area contributed by atoms with Gasteiger partial charge in [-0.15, -0.1) is 11.3 Å². The van der Waals surface area contributed by atoms with E-state index < -0.39 is 5.97 Å². The van der Waals surface area contributed by atoms with Crippen molar-refractivity contribution in [1.82, 2.24) is 4.90 Å². The topological polar surface area (TPSA) is 57.6 Å². The number of carboxylic acids is 1. The highest BCUT2D eigenvalue weighted by molar-refractivity contribution is 7.10. The fraction of sp³-hybridized carbons (Fsp3) is 0.250. The average Bonchev–Trinajstić information content (AvgIpc) is 2.78. The van der Waals surface area contributed by atoms with Gasteiger partial charge in [0.05, 0.1) is 11.1 Å². The van der Waals surface area contributed by atoms with Crippen LogP contribution < -0.4 is 0 Å². The SMILES string of the molecule is Cc1scc(C(=O)N(C)Cc2ccc(C(=O)O)cc2)c1C. The van der Waals surface area contributed by atoms with Gasteiger partial charge in [-0.1, -0.05) is 12.1 Å². The van der Waals surface area contributed by atoms with Crippen molar-refractivity contribution < 1.29 is 14.7 Å². The van der Waals surface area contributed by atoms with Crippen molar-refractivity contribution in [2.45, 2.75) is 20.4 Å². The molecule has 0 aliphatic heterocycles. The fourth-order valence-electron chi connectivity index (χ4n) is 2.03. The van der Waals surface area contributed by atoms with Gasteiger partial charge in [0, 0.05) is 23.8 Å². The van der Waals surface area contributed by atoms with Crippen LogP contribution in [0.2, 0.25) is 0 Å². The van der Waals surface area contributed by atoms with Gasteiger partial charge in [-0.05, 0) is 37.1 Å². The predicted molar refractivity (Wildman–Crippen MR) is 83.0 cm³/mol. The summed E-state index contributed by atoms with van der Waals surface area (Å²) in [6, 6.07) is 6.57. The van der Waals surface area contributed by atoms with Crippen molar-refractivity contribution in [3.63, 3.8) is 0 Å². The monoisotopic (exact) mass is 303 g/mol. The quantitative estimate of drug-likeness (QED) is 0.942. The molecule has 1 aromatic carbocycles. The van der Waals surface area contributed by atoms with Crippen LogP contribution in [0.4, 0.5) is 0 Å². The van der Waals surface area contributed by atoms with Gasteiger partial charge < -0.3 is 10.0 Å². The second-order valence-electron chi connectivity index (χ2n) is 4.99. The van der Waals surface area contributed by atoms with Crippen LogP contribution in [0, 0.1) is 13.8 Å². The van der Waals surface area contributed by atoms with Gasteiger partial charge in [0.15, 0.2) is 0 Å². The molecule has 2 aromatic rings. The molecule has 21 heavy (non-hydrogen) atoms. The lowest BCUT2D eigenvalue weighted by atomic mass is 10.1. The number of hydrogen-bond donors (Lipinski definition) is 1. The Morgan fingerprint density at radius 1 is 1.19 bits per heavy atom. The zero-order valence-corrected chi connectivity index (χ0v) is 13.0. The molecule has 0 aliphatic carbocycles. The maximum Gasteiger partial charge on any atom is 0.335 e. The number of nitrogens with zero attached hydrogens (tertiary/aromatic N) is 1. The van der Waals surface area contributed by atoms with Gasteiger partial charge in [0.25, 0.3) is 5.91 Å². The summed E-state index contributed by atoms with van der Waals surface area (Å²) in [5.41, 5.74) is 2.91. The Bertz CT molecular complexity index is 673. The minimum atomic E-state index is -0.949. The standard InChI is InChI=1S/C16H17NO3S/c1-10-11(2)21-9-14(10)15(18)17(3)8-12-4-6-13(7-5-12)16(19)20/h4-7,9H,8H2,1-3H3,(H,19,20). The van der Waals surface area contributed by atoms with Gasteiger partial charge in [-0.2, -0.15) is 0 Å². The highest BCUT2D eigenvalue weighted by atomic mass is 32.1. The first kappa shape index (κ1) is 15.3. The Morgan fingerprint density at radius 3 is 2.29 bits per heavy atom. The van der Waals surface area contributed by atoms with Crippen molar-refractivity contribution >= 4 is 23.2 Å². The van der Waals surface area contributed by atoms with Crippen LogP contribution >= 0.6 is 11.3 Å². The summed E-state index contributed by atoms with van der Waals surface area (Å²) >= 11 is 1.58. The number of aryl methyl sites for hydroxylation is 1. The highest BCUT2D eigenvalue weighted by Gasteiger charge is 2.17. The van der Waals surface area contributed by atoms with Gasteiger partial charge in [0.1, 0.15) is 0 Å². The first-order chi connectivity index (χ1) is 9.90. The smallest absolute Gasteiger partial charge is 0.335 e. The molecule has 1 aromatic heterocycles. The number of carbonyl (C=O) groups excluding carboxylic acids is 1. The third-order valence-corrected chi connectivity index (χ3v) is 4.50. The second-order valence-corrected chi connectivity index (χ2v) is 6.08. The first-order valence-corrected chi connectivity index (χ1v) is 7.40. The largest absolute Gasteiger partial charge is 0.478 e. The molecule has 0 atom stereocenters. The number of benzene rings is 1. The molecular weight excluding hydrogens is 286 g/mol. The number of amides is 1. The molecule has 5 heteroatoms. The third-order valence-electron chi connectivity index (χ3n) is 3.48. The van der Waals surface area contributed by atoms with Gasteiger partial charge in [0.2, 0.25) is 0 Å². The molecule has 0 aliphatic rings. The van der Waals surface area contributed by atoms with Crippen LogP contribution in [0.5, 0.6) is 0 Å². The van der Waals surface area contributed by atoms with E-state index in [1.807, 2.05) is 19.2 Å². The summed E-state index contributed by atoms with van der Waals surface area (Å²) in [4.78, 5) is 26.0. The van der Waals surface area contributed by atoms with Crippen LogP contribution in [0.3, 0.4) is 0 Å². The second kappa shape index (κ2) is 6.10. The maximum atomic E-state index is 12.4. The molecule has 1 heterocycles. The summed E-state index contributed by atoms with van der Waals surface area (Å²) in [6.45, 7) is 4.41. The molecule has 0 saturated heterocycles. The van der Waals surface area contributed by atoms with Crippen molar-refractivity contribution in [2.75, 3.05) is 7.05 Å². The van der Waals surface area contributed by atoms with Crippen LogP contribution in [0.25, 0.3) is 0 Å². The highest BCUT2D eigenvalue weighted by Crippen LogP contribution is 2.22. The molecule has 0 saturated carbocycles. The number of rotatable bonds is 4. The van der Waals surface area contributed by atoms with E-state index in [1.165, 1.54) is 0 Å². The molecule has 0 radical (unpaired) electrons. The average molecular weight is 303 g/mol. The Labute approximate surface area is 127 Å². The molecule has 1 amide bonds. The van der Waals surface area contributed by atoms with E-state index in [0.29, 0.717) is 6.54 Å². The fourth-order valence-corrected chi connectivity index (χ4v) is 2.89. The Morgan fingerprint density at radius 2 is 1.81 bits per heavy atom. The van der Waals surface area contributed by atoms with E-state index in [-0.39, 0.29) is 11.5 Å². The summed E-state index contributed by atoms with van der Waals surface area (Å²) in [6.07, 6.45) is 0. The molecule has 0 bridgehead atoms. The number of thiophene rings is 1. The Hall–Kier alpha value is -2.14. The van der Waals surface area contributed by atoms with Crippen LogP contribution in [-0.4, -0.2) is 28.9 Å². The number of hydrogen-bond acceptors (Lipinski definition) is 3. The van der Waals surface area contributed by atoms with Crippen molar-refractivity contribution in [2.24, 2.45) is 0 Å². The molecule has 1 N–H and O–H groups in total. The molecule has 0 fully saturated rings. The zero-order chi connectivity index (χ0) is 15.6. The lowest BCUT2D eigenvalue weighted by molar-refractivity contribution is 0.0695. The minimum absolute atomic E-state index is 0.0147. The van der Waals surface area contributed by atoms with E-state index >= 15 is 0 Å². The van der Waals surface area contributed by atoms with Crippen molar-refractivity contribution in [1.29, 1.82) is 0 Å². The summed E-state index contributed by atoms with van der Waals surface area (Å²) in [5.74, 6) is -0.963. The van der Waals surface area contributed by atoms with Gasteiger partial charge in [-0.25, -0.2) is 4.79 Å². The van der Waals surface area contributed by atoms with Crippen LogP contribution in [0.15, 0.2) is 29.6 Å². The van der Waals surface area contributed by atoms with Crippen LogP contribution in [0.1, 0.15) is 36.7 Å². The van der Waals surface area contributed by atoms with Crippen molar-refractivity contribution in [3.05, 3.63) is 56.8 Å². The maximum absolute atomic E-state index is 12.4. The summed E-state index contributed by atoms with van der Waals surface area (Å²) in [7, 11) is 1.75. The normalized spacial score (nSPS) is 10.4. The predicted octanol–water partition coefficient (Wildman–Crippen LogP) is 3.34. The zero-order valence-electron chi connectivity index (χ0n) is 12.2. The Kier molecular flexibility index (Phi) is 4.43. The van der Waals surface area contributed by atoms with E-state index in [4.69, 9.17) is 5.11 Å². The number of aromatic carboxylic acids is 1. The third kappa shape index (κ3) is 3.31. The summed E-state index contributed by atoms with van der Waals surface area (Å²) in [5, 5.41) is 10.7. The molecule has 0 spiro atoms. The first-order valence-electron chi connectivity index (χ1n) is 6.52. The van der Waals surface area contributed by atoms with Gasteiger partial charge in [-0.3, -0.25) is 4.79 Å². The molecule has 2 rings (SSSR count). The number of carboxylic acid groups (broad SMARTS) is 1. The lowest BCUT2D eigenvalue weighted by Crippen LogP contribution is -2.26. The summed E-state index contributed by atoms with van der Waals surface area (Å²) < 4.78 is 0. The molecule has 0 unspecified atom stereocenters. The van der Waals surface area contributed by atoms with E-state index in [2.05, 4.69) is 0 Å². The van der Waals surface area contributed by atoms with E-state index in [9.17, 15) is 9.59 Å². The van der Waals surface area contributed by atoms with E-state index in [0.717, 1.165) is 21.6 Å². The number of carbonyl (C=O) groups is 2.